The van der Waals surface area contributed by atoms with Crippen molar-refractivity contribution in [1.82, 2.24) is 15.0 Å². The first kappa shape index (κ1) is 14.3. The van der Waals surface area contributed by atoms with E-state index in [2.05, 4.69) is 71.3 Å². The Balaban J connectivity index is 2.11. The highest BCUT2D eigenvalue weighted by Gasteiger charge is 2.13. The van der Waals surface area contributed by atoms with Crippen LogP contribution >= 0.6 is 15.9 Å². The van der Waals surface area contributed by atoms with Crippen molar-refractivity contribution >= 4 is 15.9 Å². The molecule has 1 atom stereocenters. The zero-order valence-electron chi connectivity index (χ0n) is 11.9. The number of halogens is 1. The molecule has 0 spiro atoms. The Kier molecular flexibility index (Phi) is 4.09. The molecule has 19 heavy (non-hydrogen) atoms. The van der Waals surface area contributed by atoms with E-state index in [4.69, 9.17) is 0 Å². The minimum Gasteiger partial charge on any atom is -0.248 e. The fourth-order valence-electron chi connectivity index (χ4n) is 1.87. The summed E-state index contributed by atoms with van der Waals surface area (Å²) in [7, 11) is 0. The van der Waals surface area contributed by atoms with Gasteiger partial charge < -0.3 is 0 Å². The van der Waals surface area contributed by atoms with Crippen LogP contribution in [0.2, 0.25) is 0 Å². The molecule has 102 valence electrons. The van der Waals surface area contributed by atoms with E-state index in [1.807, 2.05) is 17.8 Å². The van der Waals surface area contributed by atoms with Gasteiger partial charge in [-0.3, -0.25) is 0 Å². The second kappa shape index (κ2) is 5.45. The molecular weight excluding hydrogens is 302 g/mol. The summed E-state index contributed by atoms with van der Waals surface area (Å²) < 4.78 is 1.87. The van der Waals surface area contributed by atoms with E-state index in [9.17, 15) is 0 Å². The number of aromatic nitrogens is 3. The van der Waals surface area contributed by atoms with Gasteiger partial charge in [0.2, 0.25) is 0 Å². The van der Waals surface area contributed by atoms with Crippen molar-refractivity contribution in [2.24, 2.45) is 0 Å². The average molecular weight is 322 g/mol. The van der Waals surface area contributed by atoms with Gasteiger partial charge in [-0.25, -0.2) is 4.68 Å². The highest BCUT2D eigenvalue weighted by atomic mass is 79.9. The topological polar surface area (TPSA) is 30.7 Å². The summed E-state index contributed by atoms with van der Waals surface area (Å²) in [5.74, 6) is 0. The Morgan fingerprint density at radius 2 is 1.84 bits per heavy atom. The third-order valence-electron chi connectivity index (χ3n) is 3.13. The van der Waals surface area contributed by atoms with E-state index in [1.165, 1.54) is 11.1 Å². The maximum atomic E-state index is 4.14. The lowest BCUT2D eigenvalue weighted by atomic mass is 9.87. The molecule has 0 saturated heterocycles. The SMILES string of the molecule is CC(Br)c1cn(Cc2ccc(C(C)(C)C)cc2)nn1. The van der Waals surface area contributed by atoms with Crippen LogP contribution in [0.1, 0.15) is 49.3 Å². The first-order valence-corrected chi connectivity index (χ1v) is 7.41. The van der Waals surface area contributed by atoms with Crippen LogP contribution in [0.4, 0.5) is 0 Å². The van der Waals surface area contributed by atoms with Crippen molar-refractivity contribution in [1.29, 1.82) is 0 Å². The molecule has 0 saturated carbocycles. The smallest absolute Gasteiger partial charge is 0.0960 e. The summed E-state index contributed by atoms with van der Waals surface area (Å²) in [5.41, 5.74) is 3.76. The van der Waals surface area contributed by atoms with Gasteiger partial charge in [-0.1, -0.05) is 66.2 Å². The van der Waals surface area contributed by atoms with E-state index >= 15 is 0 Å². The molecule has 0 aliphatic carbocycles. The molecule has 2 rings (SSSR count). The molecule has 0 radical (unpaired) electrons. The summed E-state index contributed by atoms with van der Waals surface area (Å²) in [6.45, 7) is 9.49. The van der Waals surface area contributed by atoms with E-state index in [-0.39, 0.29) is 10.2 Å². The molecule has 0 fully saturated rings. The molecule has 1 aromatic carbocycles. The molecular formula is C15H20BrN3. The number of benzene rings is 1. The van der Waals surface area contributed by atoms with Gasteiger partial charge in [0, 0.05) is 6.20 Å². The lowest BCUT2D eigenvalue weighted by Gasteiger charge is -2.19. The number of nitrogens with zero attached hydrogens (tertiary/aromatic N) is 3. The molecule has 0 bridgehead atoms. The van der Waals surface area contributed by atoms with Gasteiger partial charge in [-0.2, -0.15) is 0 Å². The molecule has 3 nitrogen and oxygen atoms in total. The number of hydrogen-bond donors (Lipinski definition) is 0. The lowest BCUT2D eigenvalue weighted by Crippen LogP contribution is -2.11. The van der Waals surface area contributed by atoms with E-state index in [1.54, 1.807) is 0 Å². The van der Waals surface area contributed by atoms with Crippen molar-refractivity contribution < 1.29 is 0 Å². The molecule has 1 heterocycles. The highest BCUT2D eigenvalue weighted by molar-refractivity contribution is 9.09. The summed E-state index contributed by atoms with van der Waals surface area (Å²) in [6, 6.07) is 8.72. The molecule has 0 amide bonds. The zero-order valence-corrected chi connectivity index (χ0v) is 13.5. The largest absolute Gasteiger partial charge is 0.248 e. The quantitative estimate of drug-likeness (QED) is 0.797. The average Bonchev–Trinajstić information content (AvgIpc) is 2.77. The fourth-order valence-corrected chi connectivity index (χ4v) is 2.08. The lowest BCUT2D eigenvalue weighted by molar-refractivity contribution is 0.589. The minimum absolute atomic E-state index is 0.199. The third kappa shape index (κ3) is 3.66. The van der Waals surface area contributed by atoms with Gasteiger partial charge in [-0.05, 0) is 23.5 Å². The molecule has 2 aromatic rings. The molecule has 4 heteroatoms. The molecule has 0 aliphatic rings. The normalized spacial score (nSPS) is 13.5. The molecule has 1 unspecified atom stereocenters. The third-order valence-corrected chi connectivity index (χ3v) is 3.60. The Hall–Kier alpha value is -1.16. The van der Waals surface area contributed by atoms with Crippen molar-refractivity contribution in [2.45, 2.75) is 44.5 Å². The Morgan fingerprint density at radius 3 is 2.32 bits per heavy atom. The minimum atomic E-state index is 0.199. The summed E-state index contributed by atoms with van der Waals surface area (Å²) in [6.07, 6.45) is 1.98. The standard InChI is InChI=1S/C15H20BrN3/c1-11(16)14-10-19(18-17-14)9-12-5-7-13(8-6-12)15(2,3)4/h5-8,10-11H,9H2,1-4H3. The van der Waals surface area contributed by atoms with E-state index in [0.29, 0.717) is 0 Å². The van der Waals surface area contributed by atoms with E-state index in [0.717, 1.165) is 12.2 Å². The molecule has 0 aliphatic heterocycles. The first-order valence-electron chi connectivity index (χ1n) is 6.50. The fraction of sp³-hybridized carbons (Fsp3) is 0.467. The van der Waals surface area contributed by atoms with Crippen LogP contribution in [0.25, 0.3) is 0 Å². The van der Waals surface area contributed by atoms with Crippen LogP contribution in [-0.4, -0.2) is 15.0 Å². The maximum absolute atomic E-state index is 4.14. The second-order valence-corrected chi connectivity index (χ2v) is 7.28. The summed E-state index contributed by atoms with van der Waals surface area (Å²) >= 11 is 3.50. The second-order valence-electron chi connectivity index (χ2n) is 5.90. The van der Waals surface area contributed by atoms with Crippen LogP contribution in [0.5, 0.6) is 0 Å². The first-order chi connectivity index (χ1) is 8.86. The Bertz CT molecular complexity index is 535. The molecule has 1 aromatic heterocycles. The van der Waals surface area contributed by atoms with Gasteiger partial charge in [0.1, 0.15) is 0 Å². The summed E-state index contributed by atoms with van der Waals surface area (Å²) in [5, 5.41) is 8.28. The van der Waals surface area contributed by atoms with Gasteiger partial charge >= 0.3 is 0 Å². The molecule has 0 N–H and O–H groups in total. The van der Waals surface area contributed by atoms with Crippen LogP contribution in [-0.2, 0) is 12.0 Å². The van der Waals surface area contributed by atoms with Gasteiger partial charge in [0.25, 0.3) is 0 Å². The number of rotatable bonds is 3. The zero-order chi connectivity index (χ0) is 14.0. The number of hydrogen-bond acceptors (Lipinski definition) is 2. The van der Waals surface area contributed by atoms with Crippen LogP contribution in [0, 0.1) is 0 Å². The van der Waals surface area contributed by atoms with Crippen LogP contribution < -0.4 is 0 Å². The monoisotopic (exact) mass is 321 g/mol. The Morgan fingerprint density at radius 1 is 1.21 bits per heavy atom. The van der Waals surface area contributed by atoms with Crippen molar-refractivity contribution in [3.8, 4) is 0 Å². The highest BCUT2D eigenvalue weighted by Crippen LogP contribution is 2.22. The van der Waals surface area contributed by atoms with E-state index < -0.39 is 0 Å². The summed E-state index contributed by atoms with van der Waals surface area (Å²) in [4.78, 5) is 0.240. The van der Waals surface area contributed by atoms with Crippen LogP contribution in [0.3, 0.4) is 0 Å². The van der Waals surface area contributed by atoms with Gasteiger partial charge in [0.15, 0.2) is 0 Å². The Labute approximate surface area is 123 Å². The number of alkyl halides is 1. The predicted octanol–water partition coefficient (Wildman–Crippen LogP) is 4.08. The van der Waals surface area contributed by atoms with Crippen LogP contribution in [0.15, 0.2) is 30.5 Å². The predicted molar refractivity (Wildman–Crippen MR) is 81.6 cm³/mol. The van der Waals surface area contributed by atoms with Gasteiger partial charge in [0.05, 0.1) is 17.1 Å². The van der Waals surface area contributed by atoms with Gasteiger partial charge in [-0.15, -0.1) is 5.10 Å². The van der Waals surface area contributed by atoms with Crippen molar-refractivity contribution in [3.05, 3.63) is 47.3 Å². The van der Waals surface area contributed by atoms with Crippen molar-refractivity contribution in [2.75, 3.05) is 0 Å². The van der Waals surface area contributed by atoms with Crippen molar-refractivity contribution in [3.63, 3.8) is 0 Å². The maximum Gasteiger partial charge on any atom is 0.0960 e.